The largest absolute Gasteiger partial charge is 0.492 e. The molecule has 1 aliphatic rings. The van der Waals surface area contributed by atoms with Crippen LogP contribution in [0.1, 0.15) is 24.8 Å². The minimum absolute atomic E-state index is 0. The first-order valence-electron chi connectivity index (χ1n) is 7.41. The molecule has 1 unspecified atom stereocenters. The van der Waals surface area contributed by atoms with Crippen molar-refractivity contribution >= 4 is 18.3 Å². The van der Waals surface area contributed by atoms with Crippen LogP contribution in [-0.2, 0) is 4.79 Å². The first-order chi connectivity index (χ1) is 9.74. The van der Waals surface area contributed by atoms with Crippen molar-refractivity contribution in [2.45, 2.75) is 26.2 Å². The molecule has 118 valence electrons. The van der Waals surface area contributed by atoms with Crippen molar-refractivity contribution in [2.24, 2.45) is 5.92 Å². The summed E-state index contributed by atoms with van der Waals surface area (Å²) < 4.78 is 5.59. The summed E-state index contributed by atoms with van der Waals surface area (Å²) in [7, 11) is 0. The maximum absolute atomic E-state index is 11.7. The number of nitrogens with one attached hydrogen (secondary N) is 2. The molecule has 21 heavy (non-hydrogen) atoms. The quantitative estimate of drug-likeness (QED) is 0.760. The Morgan fingerprint density at radius 3 is 3.05 bits per heavy atom. The molecule has 1 fully saturated rings. The van der Waals surface area contributed by atoms with Crippen molar-refractivity contribution in [3.05, 3.63) is 29.8 Å². The minimum Gasteiger partial charge on any atom is -0.492 e. The Kier molecular flexibility index (Phi) is 8.16. The number of aryl methyl sites for hydroxylation is 1. The SMILES string of the molecule is Cc1cccc(OCCNC(=O)CCC2CCNC2)c1.Cl. The zero-order chi connectivity index (χ0) is 14.2. The van der Waals surface area contributed by atoms with Crippen molar-refractivity contribution < 1.29 is 9.53 Å². The van der Waals surface area contributed by atoms with Gasteiger partial charge in [-0.3, -0.25) is 4.79 Å². The topological polar surface area (TPSA) is 50.4 Å². The molecule has 1 atom stereocenters. The smallest absolute Gasteiger partial charge is 0.220 e. The summed E-state index contributed by atoms with van der Waals surface area (Å²) in [4.78, 5) is 11.7. The molecule has 5 heteroatoms. The van der Waals surface area contributed by atoms with Crippen molar-refractivity contribution in [1.82, 2.24) is 10.6 Å². The molecule has 1 aromatic rings. The molecule has 1 amide bonds. The summed E-state index contributed by atoms with van der Waals surface area (Å²) in [6.07, 6.45) is 2.80. The van der Waals surface area contributed by atoms with Gasteiger partial charge in [-0.25, -0.2) is 0 Å². The van der Waals surface area contributed by atoms with Crippen LogP contribution in [-0.4, -0.2) is 32.1 Å². The van der Waals surface area contributed by atoms with Crippen LogP contribution in [0, 0.1) is 12.8 Å². The monoisotopic (exact) mass is 312 g/mol. The van der Waals surface area contributed by atoms with Crippen LogP contribution in [0.15, 0.2) is 24.3 Å². The molecule has 2 N–H and O–H groups in total. The Morgan fingerprint density at radius 1 is 1.48 bits per heavy atom. The lowest BCUT2D eigenvalue weighted by Gasteiger charge is -2.10. The third-order valence-electron chi connectivity index (χ3n) is 3.62. The van der Waals surface area contributed by atoms with Gasteiger partial charge < -0.3 is 15.4 Å². The molecule has 0 bridgehead atoms. The summed E-state index contributed by atoms with van der Waals surface area (Å²) in [5.74, 6) is 1.66. The second-order valence-electron chi connectivity index (χ2n) is 5.41. The Balaban J connectivity index is 0.00000220. The van der Waals surface area contributed by atoms with Crippen LogP contribution < -0.4 is 15.4 Å². The standard InChI is InChI=1S/C16H24N2O2.ClH/c1-13-3-2-4-15(11-13)20-10-9-18-16(19)6-5-14-7-8-17-12-14;/h2-4,11,14,17H,5-10,12H2,1H3,(H,18,19);1H. The molecular formula is C16H25ClN2O2. The molecule has 1 aromatic carbocycles. The third kappa shape index (κ3) is 6.82. The van der Waals surface area contributed by atoms with E-state index < -0.39 is 0 Å². The van der Waals surface area contributed by atoms with Gasteiger partial charge in [0.2, 0.25) is 5.91 Å². The van der Waals surface area contributed by atoms with Gasteiger partial charge in [0.05, 0.1) is 6.54 Å². The zero-order valence-electron chi connectivity index (χ0n) is 12.6. The number of benzene rings is 1. The molecule has 2 rings (SSSR count). The van der Waals surface area contributed by atoms with Crippen molar-refractivity contribution in [3.8, 4) is 5.75 Å². The van der Waals surface area contributed by atoms with Gasteiger partial charge in [0.15, 0.2) is 0 Å². The zero-order valence-corrected chi connectivity index (χ0v) is 13.4. The van der Waals surface area contributed by atoms with Crippen LogP contribution in [0.5, 0.6) is 5.75 Å². The van der Waals surface area contributed by atoms with E-state index in [9.17, 15) is 4.79 Å². The fourth-order valence-electron chi connectivity index (χ4n) is 2.45. The van der Waals surface area contributed by atoms with Gasteiger partial charge in [-0.2, -0.15) is 0 Å². The Hall–Kier alpha value is -1.26. The average Bonchev–Trinajstić information content (AvgIpc) is 2.95. The van der Waals surface area contributed by atoms with Gasteiger partial charge >= 0.3 is 0 Å². The van der Waals surface area contributed by atoms with Crippen molar-refractivity contribution in [1.29, 1.82) is 0 Å². The van der Waals surface area contributed by atoms with E-state index in [-0.39, 0.29) is 18.3 Å². The fourth-order valence-corrected chi connectivity index (χ4v) is 2.45. The number of rotatable bonds is 7. The Morgan fingerprint density at radius 2 is 2.33 bits per heavy atom. The fraction of sp³-hybridized carbons (Fsp3) is 0.562. The predicted molar refractivity (Wildman–Crippen MR) is 87.1 cm³/mol. The molecule has 0 aliphatic carbocycles. The summed E-state index contributed by atoms with van der Waals surface area (Å²) in [5, 5.41) is 6.23. The molecule has 1 saturated heterocycles. The predicted octanol–water partition coefficient (Wildman–Crippen LogP) is 2.30. The molecule has 0 radical (unpaired) electrons. The van der Waals surface area contributed by atoms with Crippen LogP contribution >= 0.6 is 12.4 Å². The molecule has 0 aromatic heterocycles. The van der Waals surface area contributed by atoms with Gasteiger partial charge in [-0.1, -0.05) is 12.1 Å². The van der Waals surface area contributed by atoms with Gasteiger partial charge in [-0.15, -0.1) is 12.4 Å². The number of hydrogen-bond acceptors (Lipinski definition) is 3. The summed E-state index contributed by atoms with van der Waals surface area (Å²) >= 11 is 0. The molecule has 4 nitrogen and oxygen atoms in total. The number of hydrogen-bond donors (Lipinski definition) is 2. The highest BCUT2D eigenvalue weighted by Gasteiger charge is 2.15. The van der Waals surface area contributed by atoms with E-state index in [1.807, 2.05) is 31.2 Å². The molecule has 0 spiro atoms. The van der Waals surface area contributed by atoms with E-state index >= 15 is 0 Å². The van der Waals surface area contributed by atoms with Crippen LogP contribution in [0.2, 0.25) is 0 Å². The van der Waals surface area contributed by atoms with Crippen LogP contribution in [0.25, 0.3) is 0 Å². The first-order valence-corrected chi connectivity index (χ1v) is 7.41. The van der Waals surface area contributed by atoms with Gasteiger partial charge in [0.1, 0.15) is 12.4 Å². The highest BCUT2D eigenvalue weighted by Crippen LogP contribution is 2.14. The van der Waals surface area contributed by atoms with Crippen LogP contribution in [0.3, 0.4) is 0 Å². The molecular weight excluding hydrogens is 288 g/mol. The number of ether oxygens (including phenoxy) is 1. The molecule has 1 heterocycles. The maximum atomic E-state index is 11.7. The second kappa shape index (κ2) is 9.64. The second-order valence-corrected chi connectivity index (χ2v) is 5.41. The minimum atomic E-state index is 0. The number of amides is 1. The molecule has 1 aliphatic heterocycles. The normalized spacial score (nSPS) is 17.1. The molecule has 0 saturated carbocycles. The van der Waals surface area contributed by atoms with E-state index in [4.69, 9.17) is 4.74 Å². The highest BCUT2D eigenvalue weighted by atomic mass is 35.5. The summed E-state index contributed by atoms with van der Waals surface area (Å²) in [6, 6.07) is 7.93. The van der Waals surface area contributed by atoms with E-state index in [2.05, 4.69) is 10.6 Å². The number of halogens is 1. The Labute approximate surface area is 133 Å². The summed E-state index contributed by atoms with van der Waals surface area (Å²) in [5.41, 5.74) is 1.18. The van der Waals surface area contributed by atoms with E-state index in [0.717, 1.165) is 25.3 Å². The third-order valence-corrected chi connectivity index (χ3v) is 3.62. The van der Waals surface area contributed by atoms with Crippen molar-refractivity contribution in [3.63, 3.8) is 0 Å². The number of carbonyl (C=O) groups is 1. The first kappa shape index (κ1) is 17.8. The highest BCUT2D eigenvalue weighted by molar-refractivity contribution is 5.85. The van der Waals surface area contributed by atoms with Gasteiger partial charge in [0, 0.05) is 6.42 Å². The lowest BCUT2D eigenvalue weighted by Crippen LogP contribution is -2.28. The lowest BCUT2D eigenvalue weighted by atomic mass is 10.0. The van der Waals surface area contributed by atoms with Gasteiger partial charge in [-0.05, 0) is 56.5 Å². The Bertz CT molecular complexity index is 434. The van der Waals surface area contributed by atoms with Gasteiger partial charge in [0.25, 0.3) is 0 Å². The van der Waals surface area contributed by atoms with E-state index in [0.29, 0.717) is 25.5 Å². The average molecular weight is 313 g/mol. The number of carbonyl (C=O) groups excluding carboxylic acids is 1. The lowest BCUT2D eigenvalue weighted by molar-refractivity contribution is -0.121. The van der Waals surface area contributed by atoms with Crippen LogP contribution in [0.4, 0.5) is 0 Å². The maximum Gasteiger partial charge on any atom is 0.220 e. The van der Waals surface area contributed by atoms with Crippen molar-refractivity contribution in [2.75, 3.05) is 26.2 Å². The van der Waals surface area contributed by atoms with E-state index in [1.165, 1.54) is 12.0 Å². The van der Waals surface area contributed by atoms with E-state index in [1.54, 1.807) is 0 Å². The summed E-state index contributed by atoms with van der Waals surface area (Å²) in [6.45, 7) is 5.27.